The van der Waals surface area contributed by atoms with Gasteiger partial charge in [0, 0.05) is 29.8 Å². The number of phenols is 1. The molecule has 0 saturated heterocycles. The van der Waals surface area contributed by atoms with E-state index in [1.165, 1.54) is 6.07 Å². The van der Waals surface area contributed by atoms with Crippen LogP contribution in [0, 0.1) is 0 Å². The van der Waals surface area contributed by atoms with E-state index >= 15 is 0 Å². The topological polar surface area (TPSA) is 131 Å². The highest BCUT2D eigenvalue weighted by Gasteiger charge is 2.27. The monoisotopic (exact) mass is 467 g/mol. The molecule has 0 spiro atoms. The van der Waals surface area contributed by atoms with Crippen LogP contribution in [-0.2, 0) is 11.3 Å². The number of aliphatic hydroxyl groups excluding tert-OH is 1. The number of hydrogen-bond acceptors (Lipinski definition) is 8. The van der Waals surface area contributed by atoms with E-state index < -0.39 is 6.10 Å². The number of phenolic OH excluding ortho intramolecular Hbond substituents is 1. The molecule has 1 atom stereocenters. The first-order chi connectivity index (χ1) is 16.3. The largest absolute Gasteiger partial charge is 0.506 e. The highest BCUT2D eigenvalue weighted by molar-refractivity contribution is 5.97. The zero-order chi connectivity index (χ0) is 24.3. The number of rotatable bonds is 9. The third-order valence-corrected chi connectivity index (χ3v) is 5.76. The number of amides is 1. The lowest BCUT2D eigenvalue weighted by Gasteiger charge is -2.29. The van der Waals surface area contributed by atoms with E-state index in [2.05, 4.69) is 20.7 Å². The van der Waals surface area contributed by atoms with Gasteiger partial charge in [-0.1, -0.05) is 0 Å². The van der Waals surface area contributed by atoms with Crippen LogP contribution in [0.25, 0.3) is 11.4 Å². The van der Waals surface area contributed by atoms with Gasteiger partial charge in [-0.25, -0.2) is 4.98 Å². The van der Waals surface area contributed by atoms with Crippen LogP contribution in [-0.4, -0.2) is 56.7 Å². The van der Waals surface area contributed by atoms with Crippen molar-refractivity contribution in [1.29, 1.82) is 0 Å². The molecule has 0 fully saturated rings. The van der Waals surface area contributed by atoms with E-state index in [1.807, 2.05) is 38.1 Å². The summed E-state index contributed by atoms with van der Waals surface area (Å²) >= 11 is 0. The molecule has 0 bridgehead atoms. The van der Waals surface area contributed by atoms with Gasteiger partial charge >= 0.3 is 0 Å². The standard InChI is InChI=1S/C24H29N5O5/c1-24(2,10-11-29-14-25-23(28-29)15-4-6-16(33-3)7-5-15)26-12-19(31)17-8-9-18(30)21-22(17)34-13-20(32)27-21/h4-9,14,19,26,30-31H,10-13H2,1-3H3,(H,27,32)/t19-/m0/s1. The molecule has 1 aliphatic rings. The molecule has 0 radical (unpaired) electrons. The van der Waals surface area contributed by atoms with E-state index in [0.717, 1.165) is 17.7 Å². The highest BCUT2D eigenvalue weighted by Crippen LogP contribution is 2.41. The SMILES string of the molecule is COc1ccc(-c2ncn(CCC(C)(C)NC[C@H](O)c3ccc(O)c4c3OCC(=O)N4)n2)cc1. The summed E-state index contributed by atoms with van der Waals surface area (Å²) in [6.07, 6.45) is 1.56. The number of aryl methyl sites for hydroxylation is 1. The molecular weight excluding hydrogens is 438 g/mol. The normalized spacial score (nSPS) is 14.2. The maximum atomic E-state index is 11.6. The Morgan fingerprint density at radius 2 is 2.03 bits per heavy atom. The number of anilines is 1. The summed E-state index contributed by atoms with van der Waals surface area (Å²) < 4.78 is 12.5. The second-order valence-electron chi connectivity index (χ2n) is 8.81. The Morgan fingerprint density at radius 1 is 1.26 bits per heavy atom. The number of carbonyl (C=O) groups is 1. The van der Waals surface area contributed by atoms with Crippen molar-refractivity contribution < 1.29 is 24.5 Å². The van der Waals surface area contributed by atoms with E-state index in [1.54, 1.807) is 24.2 Å². The van der Waals surface area contributed by atoms with Gasteiger partial charge < -0.3 is 30.3 Å². The van der Waals surface area contributed by atoms with Crippen LogP contribution in [0.2, 0.25) is 0 Å². The number of β-amino-alcohol motifs (C(OH)–C–C–N with tert-alkyl or cyclic N) is 1. The number of hydrogen-bond donors (Lipinski definition) is 4. The van der Waals surface area contributed by atoms with Gasteiger partial charge in [0.15, 0.2) is 18.2 Å². The van der Waals surface area contributed by atoms with E-state index in [9.17, 15) is 15.0 Å². The smallest absolute Gasteiger partial charge is 0.262 e. The summed E-state index contributed by atoms with van der Waals surface area (Å²) in [7, 11) is 1.63. The third kappa shape index (κ3) is 5.29. The molecule has 2 heterocycles. The molecule has 3 aromatic rings. The van der Waals surface area contributed by atoms with E-state index in [-0.39, 0.29) is 36.0 Å². The van der Waals surface area contributed by atoms with Crippen LogP contribution in [0.4, 0.5) is 5.69 Å². The Bertz CT molecular complexity index is 1160. The maximum absolute atomic E-state index is 11.6. The molecule has 10 heteroatoms. The quantitative estimate of drug-likeness (QED) is 0.353. The fraction of sp³-hybridized carbons (Fsp3) is 0.375. The van der Waals surface area contributed by atoms with Gasteiger partial charge in [-0.2, -0.15) is 5.10 Å². The first-order valence-corrected chi connectivity index (χ1v) is 11.0. The summed E-state index contributed by atoms with van der Waals surface area (Å²) in [5.74, 6) is 1.27. The number of methoxy groups -OCH3 is 1. The zero-order valence-corrected chi connectivity index (χ0v) is 19.4. The van der Waals surface area contributed by atoms with Gasteiger partial charge in [0.05, 0.1) is 13.2 Å². The maximum Gasteiger partial charge on any atom is 0.262 e. The fourth-order valence-electron chi connectivity index (χ4n) is 3.68. The van der Waals surface area contributed by atoms with Crippen LogP contribution >= 0.6 is 0 Å². The number of aromatic nitrogens is 3. The van der Waals surface area contributed by atoms with Gasteiger partial charge in [-0.15, -0.1) is 0 Å². The van der Waals surface area contributed by atoms with Crippen LogP contribution in [0.1, 0.15) is 31.9 Å². The number of carbonyl (C=O) groups excluding carboxylic acids is 1. The third-order valence-electron chi connectivity index (χ3n) is 5.76. The van der Waals surface area contributed by atoms with Gasteiger partial charge in [-0.3, -0.25) is 9.48 Å². The first kappa shape index (κ1) is 23.5. The zero-order valence-electron chi connectivity index (χ0n) is 19.4. The molecule has 34 heavy (non-hydrogen) atoms. The Hall–Kier alpha value is -3.63. The predicted octanol–water partition coefficient (Wildman–Crippen LogP) is 2.48. The number of aliphatic hydroxyl groups is 1. The number of ether oxygens (including phenoxy) is 2. The predicted molar refractivity (Wildman–Crippen MR) is 126 cm³/mol. The van der Waals surface area contributed by atoms with Crippen LogP contribution in [0.15, 0.2) is 42.7 Å². The lowest BCUT2D eigenvalue weighted by atomic mass is 9.99. The second kappa shape index (κ2) is 9.70. The molecule has 180 valence electrons. The number of fused-ring (bicyclic) bond motifs is 1. The molecule has 1 aliphatic heterocycles. The Balaban J connectivity index is 1.34. The van der Waals surface area contributed by atoms with Crippen molar-refractivity contribution in [3.63, 3.8) is 0 Å². The molecular formula is C24H29N5O5. The molecule has 2 aromatic carbocycles. The van der Waals surface area contributed by atoms with Gasteiger partial charge in [0.1, 0.15) is 23.5 Å². The number of nitrogens with zero attached hydrogens (tertiary/aromatic N) is 3. The Morgan fingerprint density at radius 3 is 2.76 bits per heavy atom. The average Bonchev–Trinajstić information content (AvgIpc) is 3.31. The van der Waals surface area contributed by atoms with Gasteiger partial charge in [0.25, 0.3) is 5.91 Å². The van der Waals surface area contributed by atoms with E-state index in [4.69, 9.17) is 9.47 Å². The molecule has 1 amide bonds. The summed E-state index contributed by atoms with van der Waals surface area (Å²) in [4.78, 5) is 16.0. The first-order valence-electron chi connectivity index (χ1n) is 11.0. The summed E-state index contributed by atoms with van der Waals surface area (Å²) in [5, 5.41) is 31.3. The van der Waals surface area contributed by atoms with Crippen LogP contribution < -0.4 is 20.1 Å². The summed E-state index contributed by atoms with van der Waals surface area (Å²) in [6, 6.07) is 10.6. The highest BCUT2D eigenvalue weighted by atomic mass is 16.5. The van der Waals surface area contributed by atoms with Crippen LogP contribution in [0.3, 0.4) is 0 Å². The van der Waals surface area contributed by atoms with Gasteiger partial charge in [-0.05, 0) is 56.7 Å². The fourth-order valence-corrected chi connectivity index (χ4v) is 3.68. The minimum absolute atomic E-state index is 0.103. The molecule has 4 N–H and O–H groups in total. The van der Waals surface area contributed by atoms with Crippen molar-refractivity contribution in [1.82, 2.24) is 20.1 Å². The number of benzene rings is 2. The molecule has 1 aromatic heterocycles. The molecule has 0 saturated carbocycles. The number of nitrogens with one attached hydrogen (secondary N) is 2. The van der Waals surface area contributed by atoms with Crippen LogP contribution in [0.5, 0.6) is 17.2 Å². The molecule has 10 nitrogen and oxygen atoms in total. The Labute approximate surface area is 197 Å². The van der Waals surface area contributed by atoms with Crippen molar-refractivity contribution in [3.8, 4) is 28.6 Å². The van der Waals surface area contributed by atoms with Crippen molar-refractivity contribution in [3.05, 3.63) is 48.3 Å². The Kier molecular flexibility index (Phi) is 6.71. The van der Waals surface area contributed by atoms with Crippen molar-refractivity contribution in [2.24, 2.45) is 0 Å². The minimum atomic E-state index is -0.892. The van der Waals surface area contributed by atoms with Crippen molar-refractivity contribution in [2.45, 2.75) is 38.5 Å². The minimum Gasteiger partial charge on any atom is -0.506 e. The molecule has 4 rings (SSSR count). The summed E-state index contributed by atoms with van der Waals surface area (Å²) in [5.41, 5.74) is 1.29. The molecule has 0 unspecified atom stereocenters. The summed E-state index contributed by atoms with van der Waals surface area (Å²) in [6.45, 7) is 4.83. The van der Waals surface area contributed by atoms with Gasteiger partial charge in [0.2, 0.25) is 0 Å². The second-order valence-corrected chi connectivity index (χ2v) is 8.81. The van der Waals surface area contributed by atoms with Crippen molar-refractivity contribution in [2.75, 3.05) is 25.6 Å². The van der Waals surface area contributed by atoms with E-state index in [0.29, 0.717) is 23.7 Å². The lowest BCUT2D eigenvalue weighted by Crippen LogP contribution is -2.42. The molecule has 0 aliphatic carbocycles. The number of aromatic hydroxyl groups is 1. The lowest BCUT2D eigenvalue weighted by molar-refractivity contribution is -0.118. The van der Waals surface area contributed by atoms with Crippen molar-refractivity contribution >= 4 is 11.6 Å². The average molecular weight is 468 g/mol.